The predicted molar refractivity (Wildman–Crippen MR) is 83.7 cm³/mol. The SMILES string of the molecule is COC(=O)CCCCCCc1c(OC)ccc(OC)c1C=O. The summed E-state index contributed by atoms with van der Waals surface area (Å²) >= 11 is 0. The largest absolute Gasteiger partial charge is 0.496 e. The third-order valence-electron chi connectivity index (χ3n) is 3.62. The minimum Gasteiger partial charge on any atom is -0.496 e. The first-order valence-electron chi connectivity index (χ1n) is 7.43. The molecule has 5 heteroatoms. The van der Waals surface area contributed by atoms with Crippen molar-refractivity contribution in [2.75, 3.05) is 21.3 Å². The van der Waals surface area contributed by atoms with E-state index in [0.29, 0.717) is 23.5 Å². The highest BCUT2D eigenvalue weighted by molar-refractivity contribution is 5.83. The fourth-order valence-corrected chi connectivity index (χ4v) is 2.41. The van der Waals surface area contributed by atoms with Crippen LogP contribution in [0.5, 0.6) is 11.5 Å². The molecule has 0 aliphatic carbocycles. The van der Waals surface area contributed by atoms with Crippen molar-refractivity contribution in [1.29, 1.82) is 0 Å². The molecule has 0 spiro atoms. The van der Waals surface area contributed by atoms with Crippen LogP contribution in [0.1, 0.15) is 48.0 Å². The van der Waals surface area contributed by atoms with Gasteiger partial charge in [-0.15, -0.1) is 0 Å². The molecule has 0 radical (unpaired) electrons. The molecule has 0 amide bonds. The van der Waals surface area contributed by atoms with E-state index in [1.807, 2.05) is 6.07 Å². The van der Waals surface area contributed by atoms with E-state index in [9.17, 15) is 9.59 Å². The van der Waals surface area contributed by atoms with Crippen molar-refractivity contribution in [2.45, 2.75) is 38.5 Å². The monoisotopic (exact) mass is 308 g/mol. The highest BCUT2D eigenvalue weighted by atomic mass is 16.5. The number of ether oxygens (including phenoxy) is 3. The van der Waals surface area contributed by atoms with E-state index in [2.05, 4.69) is 4.74 Å². The summed E-state index contributed by atoms with van der Waals surface area (Å²) in [6.45, 7) is 0. The van der Waals surface area contributed by atoms with Crippen molar-refractivity contribution in [3.8, 4) is 11.5 Å². The number of methoxy groups -OCH3 is 3. The van der Waals surface area contributed by atoms with E-state index in [0.717, 1.165) is 44.0 Å². The normalized spacial score (nSPS) is 10.1. The third kappa shape index (κ3) is 5.06. The maximum Gasteiger partial charge on any atom is 0.305 e. The summed E-state index contributed by atoms with van der Waals surface area (Å²) in [5.41, 5.74) is 1.43. The van der Waals surface area contributed by atoms with Gasteiger partial charge in [0.25, 0.3) is 0 Å². The lowest BCUT2D eigenvalue weighted by atomic mass is 9.99. The van der Waals surface area contributed by atoms with Crippen LogP contribution in [0.15, 0.2) is 12.1 Å². The summed E-state index contributed by atoms with van der Waals surface area (Å²) < 4.78 is 15.2. The fourth-order valence-electron chi connectivity index (χ4n) is 2.41. The van der Waals surface area contributed by atoms with Gasteiger partial charge in [-0.2, -0.15) is 0 Å². The zero-order valence-corrected chi connectivity index (χ0v) is 13.5. The summed E-state index contributed by atoms with van der Waals surface area (Å²) in [6.07, 6.45) is 5.70. The Morgan fingerprint density at radius 1 is 1.00 bits per heavy atom. The second-order valence-corrected chi connectivity index (χ2v) is 4.97. The Morgan fingerprint density at radius 3 is 2.23 bits per heavy atom. The Hall–Kier alpha value is -2.04. The van der Waals surface area contributed by atoms with Gasteiger partial charge in [-0.3, -0.25) is 9.59 Å². The molecule has 0 fully saturated rings. The molecule has 122 valence electrons. The molecular formula is C17H24O5. The minimum atomic E-state index is -0.169. The molecule has 0 saturated heterocycles. The summed E-state index contributed by atoms with van der Waals surface area (Å²) in [5.74, 6) is 1.10. The molecule has 5 nitrogen and oxygen atoms in total. The molecule has 0 heterocycles. The van der Waals surface area contributed by atoms with Crippen LogP contribution in [0, 0.1) is 0 Å². The van der Waals surface area contributed by atoms with E-state index >= 15 is 0 Å². The topological polar surface area (TPSA) is 61.8 Å². The zero-order valence-electron chi connectivity index (χ0n) is 13.5. The van der Waals surface area contributed by atoms with Gasteiger partial charge in [0.2, 0.25) is 0 Å². The van der Waals surface area contributed by atoms with Crippen LogP contribution in [0.4, 0.5) is 0 Å². The molecule has 0 atom stereocenters. The average molecular weight is 308 g/mol. The van der Waals surface area contributed by atoms with Crippen LogP contribution in [0.3, 0.4) is 0 Å². The van der Waals surface area contributed by atoms with Crippen LogP contribution in [-0.4, -0.2) is 33.6 Å². The van der Waals surface area contributed by atoms with Crippen molar-refractivity contribution in [3.05, 3.63) is 23.3 Å². The van der Waals surface area contributed by atoms with E-state index in [-0.39, 0.29) is 5.97 Å². The summed E-state index contributed by atoms with van der Waals surface area (Å²) in [4.78, 5) is 22.3. The minimum absolute atomic E-state index is 0.169. The van der Waals surface area contributed by atoms with Gasteiger partial charge in [0.05, 0.1) is 26.9 Å². The van der Waals surface area contributed by atoms with Crippen molar-refractivity contribution in [2.24, 2.45) is 0 Å². The number of hydrogen-bond donors (Lipinski definition) is 0. The molecule has 1 rings (SSSR count). The van der Waals surface area contributed by atoms with Crippen LogP contribution in [0.25, 0.3) is 0 Å². The second-order valence-electron chi connectivity index (χ2n) is 4.97. The highest BCUT2D eigenvalue weighted by Crippen LogP contribution is 2.30. The molecule has 0 aromatic heterocycles. The molecular weight excluding hydrogens is 284 g/mol. The molecule has 1 aromatic carbocycles. The Bertz CT molecular complexity index is 496. The number of carbonyl (C=O) groups excluding carboxylic acids is 2. The molecule has 0 aliphatic rings. The number of esters is 1. The van der Waals surface area contributed by atoms with Crippen molar-refractivity contribution in [3.63, 3.8) is 0 Å². The Kier molecular flexibility index (Phi) is 8.04. The number of rotatable bonds is 10. The smallest absolute Gasteiger partial charge is 0.305 e. The maximum absolute atomic E-state index is 11.3. The first-order chi connectivity index (χ1) is 10.7. The van der Waals surface area contributed by atoms with Gasteiger partial charge in [-0.05, 0) is 31.4 Å². The number of carbonyl (C=O) groups is 2. The highest BCUT2D eigenvalue weighted by Gasteiger charge is 2.14. The molecule has 0 saturated carbocycles. The summed E-state index contributed by atoms with van der Waals surface area (Å²) in [7, 11) is 4.54. The van der Waals surface area contributed by atoms with Gasteiger partial charge < -0.3 is 14.2 Å². The first-order valence-corrected chi connectivity index (χ1v) is 7.43. The van der Waals surface area contributed by atoms with E-state index in [1.165, 1.54) is 7.11 Å². The van der Waals surface area contributed by atoms with Gasteiger partial charge in [-0.1, -0.05) is 12.8 Å². The van der Waals surface area contributed by atoms with E-state index < -0.39 is 0 Å². The summed E-state index contributed by atoms with van der Waals surface area (Å²) in [6, 6.07) is 3.56. The van der Waals surface area contributed by atoms with Crippen molar-refractivity contribution < 1.29 is 23.8 Å². The molecule has 0 bridgehead atoms. The zero-order chi connectivity index (χ0) is 16.4. The maximum atomic E-state index is 11.3. The Balaban J connectivity index is 2.57. The van der Waals surface area contributed by atoms with Gasteiger partial charge in [0.1, 0.15) is 11.5 Å². The van der Waals surface area contributed by atoms with Gasteiger partial charge >= 0.3 is 5.97 Å². The van der Waals surface area contributed by atoms with Crippen molar-refractivity contribution in [1.82, 2.24) is 0 Å². The van der Waals surface area contributed by atoms with E-state index in [1.54, 1.807) is 20.3 Å². The number of hydrogen-bond acceptors (Lipinski definition) is 5. The summed E-state index contributed by atoms with van der Waals surface area (Å²) in [5, 5.41) is 0. The molecule has 22 heavy (non-hydrogen) atoms. The quantitative estimate of drug-likeness (QED) is 0.377. The molecule has 0 N–H and O–H groups in total. The molecule has 0 unspecified atom stereocenters. The predicted octanol–water partition coefficient (Wildman–Crippen LogP) is 3.18. The first kappa shape index (κ1) is 18.0. The third-order valence-corrected chi connectivity index (χ3v) is 3.62. The number of aldehydes is 1. The standard InChI is InChI=1S/C17H24O5/c1-20-15-10-11-16(21-2)14(12-18)13(15)8-6-4-5-7-9-17(19)22-3/h10-12H,4-9H2,1-3H3. The van der Waals surface area contributed by atoms with Gasteiger partial charge in [0.15, 0.2) is 6.29 Å². The average Bonchev–Trinajstić information content (AvgIpc) is 2.56. The van der Waals surface area contributed by atoms with Crippen LogP contribution >= 0.6 is 0 Å². The number of unbranched alkanes of at least 4 members (excludes halogenated alkanes) is 3. The number of benzene rings is 1. The van der Waals surface area contributed by atoms with Gasteiger partial charge in [-0.25, -0.2) is 0 Å². The Labute approximate surface area is 131 Å². The fraction of sp³-hybridized carbons (Fsp3) is 0.529. The van der Waals surface area contributed by atoms with Crippen LogP contribution in [-0.2, 0) is 16.0 Å². The van der Waals surface area contributed by atoms with Crippen LogP contribution < -0.4 is 9.47 Å². The Morgan fingerprint density at radius 2 is 1.64 bits per heavy atom. The van der Waals surface area contributed by atoms with Gasteiger partial charge in [0, 0.05) is 12.0 Å². The lowest BCUT2D eigenvalue weighted by Crippen LogP contribution is -2.02. The van der Waals surface area contributed by atoms with E-state index in [4.69, 9.17) is 9.47 Å². The second kappa shape index (κ2) is 9.82. The van der Waals surface area contributed by atoms with Crippen LogP contribution in [0.2, 0.25) is 0 Å². The van der Waals surface area contributed by atoms with Crippen molar-refractivity contribution >= 4 is 12.3 Å². The lowest BCUT2D eigenvalue weighted by Gasteiger charge is -2.14. The molecule has 0 aliphatic heterocycles. The molecule has 1 aromatic rings. The lowest BCUT2D eigenvalue weighted by molar-refractivity contribution is -0.140.